The number of hydrogen-bond donors (Lipinski definition) is 3. The molecule has 0 saturated carbocycles. The Bertz CT molecular complexity index is 1350. The largest absolute Gasteiger partial charge is 0.349 e. The number of imidazole rings is 1. The molecule has 5 rings (SSSR count). The first kappa shape index (κ1) is 20.7. The van der Waals surface area contributed by atoms with Crippen molar-refractivity contribution < 1.29 is 4.92 Å². The lowest BCUT2D eigenvalue weighted by Crippen LogP contribution is -2.15. The number of thioether (sulfide) groups is 1. The summed E-state index contributed by atoms with van der Waals surface area (Å²) in [7, 11) is 0. The summed E-state index contributed by atoms with van der Waals surface area (Å²) in [5, 5.41) is 23.5. The minimum Gasteiger partial charge on any atom is -0.349 e. The second kappa shape index (κ2) is 8.76. The predicted molar refractivity (Wildman–Crippen MR) is 132 cm³/mol. The molecule has 0 saturated heterocycles. The van der Waals surface area contributed by atoms with Crippen molar-refractivity contribution in [2.45, 2.75) is 0 Å². The van der Waals surface area contributed by atoms with E-state index in [1.54, 1.807) is 6.08 Å². The van der Waals surface area contributed by atoms with Gasteiger partial charge in [0.2, 0.25) is 0 Å². The molecule has 0 spiro atoms. The minimum absolute atomic E-state index is 0.0745. The normalized spacial score (nSPS) is 19.0. The number of benzene rings is 2. The maximum Gasteiger partial charge on any atom is 0.270 e. The highest BCUT2D eigenvalue weighted by molar-refractivity contribution is 8.12. The van der Waals surface area contributed by atoms with Crippen molar-refractivity contribution in [3.8, 4) is 11.3 Å². The van der Waals surface area contributed by atoms with Gasteiger partial charge in [-0.15, -0.1) is 0 Å². The molecule has 0 fully saturated rings. The Hall–Kier alpha value is -4.17. The molecular formula is C25H19N5O2S. The van der Waals surface area contributed by atoms with Crippen LogP contribution in [0.4, 0.5) is 0 Å². The third kappa shape index (κ3) is 4.28. The van der Waals surface area contributed by atoms with Gasteiger partial charge in [-0.2, -0.15) is 0 Å². The van der Waals surface area contributed by atoms with Gasteiger partial charge in [-0.3, -0.25) is 10.1 Å². The minimum atomic E-state index is -0.481. The van der Waals surface area contributed by atoms with Crippen molar-refractivity contribution in [3.05, 3.63) is 123 Å². The van der Waals surface area contributed by atoms with E-state index in [1.165, 1.54) is 23.9 Å². The molecule has 1 atom stereocenters. The second-order valence-electron chi connectivity index (χ2n) is 7.51. The molecule has 1 aliphatic heterocycles. The van der Waals surface area contributed by atoms with Crippen LogP contribution < -0.4 is 5.32 Å². The smallest absolute Gasteiger partial charge is 0.270 e. The Morgan fingerprint density at radius 2 is 1.76 bits per heavy atom. The van der Waals surface area contributed by atoms with Crippen LogP contribution in [0.2, 0.25) is 0 Å². The van der Waals surface area contributed by atoms with Crippen LogP contribution in [0.3, 0.4) is 0 Å². The Morgan fingerprint density at radius 3 is 2.42 bits per heavy atom. The number of nitrogens with zero attached hydrogens (tertiary/aromatic N) is 2. The van der Waals surface area contributed by atoms with Gasteiger partial charge in [0.25, 0.3) is 5.70 Å². The van der Waals surface area contributed by atoms with Gasteiger partial charge in [0.1, 0.15) is 5.82 Å². The van der Waals surface area contributed by atoms with Crippen molar-refractivity contribution >= 4 is 28.1 Å². The number of rotatable bonds is 5. The molecule has 2 aromatic carbocycles. The SMILES string of the molecule is N=C1C=C([N+](=O)[O-])C=CC1C=C1NC(c2ccccc2)=C(c2ncc(-c3ccccc3)[nH]2)S1. The fourth-order valence-electron chi connectivity index (χ4n) is 3.65. The van der Waals surface area contributed by atoms with Crippen molar-refractivity contribution in [3.63, 3.8) is 0 Å². The summed E-state index contributed by atoms with van der Waals surface area (Å²) < 4.78 is 0. The average molecular weight is 454 g/mol. The number of nitro groups is 1. The molecule has 3 aromatic rings. The van der Waals surface area contributed by atoms with E-state index >= 15 is 0 Å². The van der Waals surface area contributed by atoms with Crippen molar-refractivity contribution in [2.75, 3.05) is 0 Å². The molecule has 8 heteroatoms. The molecule has 0 amide bonds. The summed E-state index contributed by atoms with van der Waals surface area (Å²) >= 11 is 1.53. The quantitative estimate of drug-likeness (QED) is 0.352. The van der Waals surface area contributed by atoms with E-state index in [0.29, 0.717) is 0 Å². The van der Waals surface area contributed by atoms with Gasteiger partial charge in [-0.05, 0) is 17.2 Å². The van der Waals surface area contributed by atoms with Gasteiger partial charge in [-0.1, -0.05) is 78.5 Å². The molecule has 0 bridgehead atoms. The van der Waals surface area contributed by atoms with Crippen LogP contribution in [-0.2, 0) is 0 Å². The first-order valence-corrected chi connectivity index (χ1v) is 11.1. The number of aromatic amines is 1. The molecule has 33 heavy (non-hydrogen) atoms. The van der Waals surface area contributed by atoms with Crippen LogP contribution in [0, 0.1) is 21.4 Å². The Morgan fingerprint density at radius 1 is 1.06 bits per heavy atom. The third-order valence-electron chi connectivity index (χ3n) is 5.30. The van der Waals surface area contributed by atoms with Crippen LogP contribution in [0.25, 0.3) is 21.9 Å². The van der Waals surface area contributed by atoms with Gasteiger partial charge >= 0.3 is 0 Å². The molecule has 1 aliphatic carbocycles. The molecule has 7 nitrogen and oxygen atoms in total. The molecule has 1 aromatic heterocycles. The number of allylic oxidation sites excluding steroid dienone is 4. The van der Waals surface area contributed by atoms with E-state index in [2.05, 4.69) is 15.3 Å². The van der Waals surface area contributed by atoms with Gasteiger partial charge < -0.3 is 15.7 Å². The lowest BCUT2D eigenvalue weighted by molar-refractivity contribution is -0.419. The number of nitrogens with one attached hydrogen (secondary N) is 3. The van der Waals surface area contributed by atoms with E-state index < -0.39 is 4.92 Å². The molecular weight excluding hydrogens is 434 g/mol. The van der Waals surface area contributed by atoms with Crippen LogP contribution >= 0.6 is 11.8 Å². The standard InChI is InChI=1S/C25H19N5O2S/c26-20-14-19(30(31)32)12-11-18(20)13-22-29-23(17-9-5-2-6-10-17)24(33-22)25-27-15-21(28-25)16-7-3-1-4-8-16/h1-15,18,26,29H,(H,27,28). The molecule has 1 unspecified atom stereocenters. The summed E-state index contributed by atoms with van der Waals surface area (Å²) in [6.45, 7) is 0. The zero-order chi connectivity index (χ0) is 22.8. The highest BCUT2D eigenvalue weighted by atomic mass is 32.2. The second-order valence-corrected chi connectivity index (χ2v) is 8.56. The maximum atomic E-state index is 11.0. The number of H-pyrrole nitrogens is 1. The Labute approximate surface area is 194 Å². The van der Waals surface area contributed by atoms with Gasteiger partial charge in [-0.25, -0.2) is 4.98 Å². The van der Waals surface area contributed by atoms with Crippen LogP contribution in [0.5, 0.6) is 0 Å². The first-order valence-electron chi connectivity index (χ1n) is 10.3. The van der Waals surface area contributed by atoms with Crippen molar-refractivity contribution in [1.29, 1.82) is 5.41 Å². The maximum absolute atomic E-state index is 11.0. The van der Waals surface area contributed by atoms with Crippen molar-refractivity contribution in [1.82, 2.24) is 15.3 Å². The molecule has 0 radical (unpaired) electrons. The number of aromatic nitrogens is 2. The fraction of sp³-hybridized carbons (Fsp3) is 0.0400. The fourth-order valence-corrected chi connectivity index (χ4v) is 4.71. The van der Waals surface area contributed by atoms with E-state index in [1.807, 2.05) is 72.9 Å². The topological polar surface area (TPSA) is 108 Å². The van der Waals surface area contributed by atoms with Gasteiger partial charge in [0.15, 0.2) is 0 Å². The summed E-state index contributed by atoms with van der Waals surface area (Å²) in [4.78, 5) is 19.5. The first-order chi connectivity index (χ1) is 16.1. The van der Waals surface area contributed by atoms with E-state index in [-0.39, 0.29) is 17.3 Å². The van der Waals surface area contributed by atoms with Gasteiger partial charge in [0, 0.05) is 23.8 Å². The zero-order valence-corrected chi connectivity index (χ0v) is 18.2. The third-order valence-corrected chi connectivity index (χ3v) is 6.36. The van der Waals surface area contributed by atoms with Crippen LogP contribution in [-0.4, -0.2) is 20.6 Å². The summed E-state index contributed by atoms with van der Waals surface area (Å²) in [6.07, 6.45) is 8.16. The van der Waals surface area contributed by atoms with Crippen molar-refractivity contribution in [2.24, 2.45) is 5.92 Å². The lowest BCUT2D eigenvalue weighted by atomic mass is 9.97. The number of hydrogen-bond acceptors (Lipinski definition) is 6. The molecule has 162 valence electrons. The highest BCUT2D eigenvalue weighted by Crippen LogP contribution is 2.44. The molecule has 3 N–H and O–H groups in total. The lowest BCUT2D eigenvalue weighted by Gasteiger charge is -2.12. The summed E-state index contributed by atoms with van der Waals surface area (Å²) in [5.74, 6) is 0.398. The molecule has 2 heterocycles. The predicted octanol–water partition coefficient (Wildman–Crippen LogP) is 5.45. The van der Waals surface area contributed by atoms with Gasteiger partial charge in [0.05, 0.1) is 32.4 Å². The van der Waals surface area contributed by atoms with E-state index in [4.69, 9.17) is 5.41 Å². The monoisotopic (exact) mass is 453 g/mol. The van der Waals surface area contributed by atoms with Crippen LogP contribution in [0.1, 0.15) is 11.4 Å². The van der Waals surface area contributed by atoms with Crippen LogP contribution in [0.15, 0.2) is 102 Å². The molecule has 2 aliphatic rings. The highest BCUT2D eigenvalue weighted by Gasteiger charge is 2.26. The summed E-state index contributed by atoms with van der Waals surface area (Å²) in [5.41, 5.74) is 4.03. The Kier molecular flexibility index (Phi) is 5.50. The van der Waals surface area contributed by atoms with E-state index in [9.17, 15) is 10.1 Å². The summed E-state index contributed by atoms with van der Waals surface area (Å²) in [6, 6.07) is 20.0. The average Bonchev–Trinajstić information content (AvgIpc) is 3.49. The Balaban J connectivity index is 1.47. The zero-order valence-electron chi connectivity index (χ0n) is 17.4. The van der Waals surface area contributed by atoms with E-state index in [0.717, 1.165) is 38.3 Å².